The SMILES string of the molecule is COC(=O)C1=C(C)N(C2CCCCC2)C(=O)/C1=C\c1ccc(Cl)cc1Cl. The average Bonchev–Trinajstić information content (AvgIpc) is 2.87. The average molecular weight is 394 g/mol. The summed E-state index contributed by atoms with van der Waals surface area (Å²) in [6.45, 7) is 1.81. The van der Waals surface area contributed by atoms with Crippen molar-refractivity contribution in [3.8, 4) is 0 Å². The summed E-state index contributed by atoms with van der Waals surface area (Å²) in [5, 5.41) is 0.939. The summed E-state index contributed by atoms with van der Waals surface area (Å²) < 4.78 is 4.94. The minimum absolute atomic E-state index is 0.127. The van der Waals surface area contributed by atoms with Crippen molar-refractivity contribution < 1.29 is 14.3 Å². The van der Waals surface area contributed by atoms with E-state index >= 15 is 0 Å². The van der Waals surface area contributed by atoms with Gasteiger partial charge in [0.05, 0.1) is 18.3 Å². The van der Waals surface area contributed by atoms with E-state index < -0.39 is 5.97 Å². The zero-order valence-electron chi connectivity index (χ0n) is 14.9. The van der Waals surface area contributed by atoms with E-state index in [1.165, 1.54) is 13.5 Å². The van der Waals surface area contributed by atoms with Crippen LogP contribution < -0.4 is 0 Å². The van der Waals surface area contributed by atoms with E-state index in [1.54, 1.807) is 29.2 Å². The molecule has 0 radical (unpaired) electrons. The van der Waals surface area contributed by atoms with Gasteiger partial charge in [-0.15, -0.1) is 0 Å². The third kappa shape index (κ3) is 3.53. The van der Waals surface area contributed by atoms with E-state index in [-0.39, 0.29) is 11.9 Å². The fourth-order valence-corrected chi connectivity index (χ4v) is 4.21. The number of carbonyl (C=O) groups is 2. The number of benzene rings is 1. The van der Waals surface area contributed by atoms with Crippen LogP contribution in [0, 0.1) is 0 Å². The molecule has 0 N–H and O–H groups in total. The third-order valence-electron chi connectivity index (χ3n) is 5.03. The van der Waals surface area contributed by atoms with Crippen LogP contribution in [0.25, 0.3) is 6.08 Å². The maximum Gasteiger partial charge on any atom is 0.340 e. The Hall–Kier alpha value is -1.78. The monoisotopic (exact) mass is 393 g/mol. The molecule has 0 unspecified atom stereocenters. The molecule has 1 heterocycles. The fraction of sp³-hybridized carbons (Fsp3) is 0.400. The summed E-state index contributed by atoms with van der Waals surface area (Å²) in [6, 6.07) is 5.18. The minimum Gasteiger partial charge on any atom is -0.465 e. The molecule has 1 aliphatic carbocycles. The van der Waals surface area contributed by atoms with E-state index in [4.69, 9.17) is 27.9 Å². The van der Waals surface area contributed by atoms with Crippen molar-refractivity contribution in [2.45, 2.75) is 45.1 Å². The predicted octanol–water partition coefficient (Wildman–Crippen LogP) is 5.00. The second-order valence-electron chi connectivity index (χ2n) is 6.64. The first-order chi connectivity index (χ1) is 12.4. The highest BCUT2D eigenvalue weighted by molar-refractivity contribution is 6.35. The molecule has 138 valence electrons. The Morgan fingerprint density at radius 3 is 2.54 bits per heavy atom. The standard InChI is InChI=1S/C20H21Cl2NO3/c1-12-18(20(25)26-2)16(10-13-8-9-14(21)11-17(13)22)19(24)23(12)15-6-4-3-5-7-15/h8-11,15H,3-7H2,1-2H3/b16-10-. The van der Waals surface area contributed by atoms with Gasteiger partial charge in [-0.1, -0.05) is 48.5 Å². The highest BCUT2D eigenvalue weighted by Gasteiger charge is 2.40. The van der Waals surface area contributed by atoms with Crippen molar-refractivity contribution in [3.05, 3.63) is 50.7 Å². The van der Waals surface area contributed by atoms with Crippen LogP contribution in [0.2, 0.25) is 10.0 Å². The maximum absolute atomic E-state index is 13.2. The van der Waals surface area contributed by atoms with Gasteiger partial charge < -0.3 is 9.64 Å². The molecular weight excluding hydrogens is 373 g/mol. The Balaban J connectivity index is 2.06. The number of nitrogens with zero attached hydrogens (tertiary/aromatic N) is 1. The van der Waals surface area contributed by atoms with Crippen LogP contribution in [0.3, 0.4) is 0 Å². The van der Waals surface area contributed by atoms with Gasteiger partial charge in [-0.3, -0.25) is 4.79 Å². The van der Waals surface area contributed by atoms with Crippen LogP contribution in [0.15, 0.2) is 35.0 Å². The molecule has 0 saturated heterocycles. The van der Waals surface area contributed by atoms with Gasteiger partial charge in [0.2, 0.25) is 0 Å². The molecule has 1 fully saturated rings. The zero-order chi connectivity index (χ0) is 18.8. The van der Waals surface area contributed by atoms with Gasteiger partial charge in [-0.25, -0.2) is 4.79 Å². The molecule has 6 heteroatoms. The molecule has 2 aliphatic rings. The molecule has 26 heavy (non-hydrogen) atoms. The molecular formula is C20H21Cl2NO3. The molecule has 0 spiro atoms. The van der Waals surface area contributed by atoms with Gasteiger partial charge in [0.1, 0.15) is 0 Å². The van der Waals surface area contributed by atoms with Crippen LogP contribution in [0.4, 0.5) is 0 Å². The van der Waals surface area contributed by atoms with Crippen LogP contribution >= 0.6 is 23.2 Å². The molecule has 3 rings (SSSR count). The number of methoxy groups -OCH3 is 1. The molecule has 0 aromatic heterocycles. The number of halogens is 2. The van der Waals surface area contributed by atoms with Crippen molar-refractivity contribution in [1.82, 2.24) is 4.90 Å². The van der Waals surface area contributed by atoms with Crippen molar-refractivity contribution in [2.24, 2.45) is 0 Å². The highest BCUT2D eigenvalue weighted by Crippen LogP contribution is 2.37. The molecule has 4 nitrogen and oxygen atoms in total. The Labute approximate surface area is 163 Å². The normalized spacial score (nSPS) is 20.2. The first kappa shape index (κ1) is 19.0. The van der Waals surface area contributed by atoms with Crippen molar-refractivity contribution in [3.63, 3.8) is 0 Å². The number of ether oxygens (including phenoxy) is 1. The largest absolute Gasteiger partial charge is 0.465 e. The lowest BCUT2D eigenvalue weighted by Gasteiger charge is -2.32. The second-order valence-corrected chi connectivity index (χ2v) is 7.49. The third-order valence-corrected chi connectivity index (χ3v) is 5.60. The van der Waals surface area contributed by atoms with Gasteiger partial charge in [-0.05, 0) is 43.5 Å². The zero-order valence-corrected chi connectivity index (χ0v) is 16.4. The molecule has 0 atom stereocenters. The van der Waals surface area contributed by atoms with Crippen molar-refractivity contribution in [1.29, 1.82) is 0 Å². The van der Waals surface area contributed by atoms with Crippen LogP contribution in [-0.2, 0) is 14.3 Å². The van der Waals surface area contributed by atoms with Crippen LogP contribution in [0.1, 0.15) is 44.6 Å². The topological polar surface area (TPSA) is 46.6 Å². The Bertz CT molecular complexity index is 807. The summed E-state index contributed by atoms with van der Waals surface area (Å²) in [7, 11) is 1.32. The lowest BCUT2D eigenvalue weighted by Crippen LogP contribution is -2.37. The Morgan fingerprint density at radius 1 is 1.23 bits per heavy atom. The lowest BCUT2D eigenvalue weighted by molar-refractivity contribution is -0.136. The molecule has 1 aromatic rings. The molecule has 1 amide bonds. The molecule has 1 aliphatic heterocycles. The maximum atomic E-state index is 13.2. The summed E-state index contributed by atoms with van der Waals surface area (Å²) in [5.74, 6) is -0.675. The number of amides is 1. The summed E-state index contributed by atoms with van der Waals surface area (Å²) >= 11 is 12.2. The van der Waals surface area contributed by atoms with E-state index in [0.717, 1.165) is 25.7 Å². The highest BCUT2D eigenvalue weighted by atomic mass is 35.5. The van der Waals surface area contributed by atoms with Crippen LogP contribution in [-0.4, -0.2) is 29.9 Å². The second kappa shape index (κ2) is 7.85. The quantitative estimate of drug-likeness (QED) is 0.536. The number of hydrogen-bond acceptors (Lipinski definition) is 3. The first-order valence-electron chi connectivity index (χ1n) is 8.74. The molecule has 1 saturated carbocycles. The number of hydrogen-bond donors (Lipinski definition) is 0. The molecule has 0 bridgehead atoms. The molecule has 1 aromatic carbocycles. The fourth-order valence-electron chi connectivity index (χ4n) is 3.75. The lowest BCUT2D eigenvalue weighted by atomic mass is 9.94. The van der Waals surface area contributed by atoms with Gasteiger partial charge in [0.15, 0.2) is 0 Å². The Kier molecular flexibility index (Phi) is 5.73. The number of allylic oxidation sites excluding steroid dienone is 1. The van der Waals surface area contributed by atoms with Crippen molar-refractivity contribution in [2.75, 3.05) is 7.11 Å². The van der Waals surface area contributed by atoms with E-state index in [0.29, 0.717) is 32.5 Å². The van der Waals surface area contributed by atoms with Gasteiger partial charge in [0.25, 0.3) is 5.91 Å². The van der Waals surface area contributed by atoms with Gasteiger partial charge >= 0.3 is 5.97 Å². The van der Waals surface area contributed by atoms with Gasteiger partial charge in [-0.2, -0.15) is 0 Å². The van der Waals surface area contributed by atoms with Gasteiger partial charge in [0, 0.05) is 21.8 Å². The van der Waals surface area contributed by atoms with Crippen LogP contribution in [0.5, 0.6) is 0 Å². The first-order valence-corrected chi connectivity index (χ1v) is 9.49. The minimum atomic E-state index is -0.509. The van der Waals surface area contributed by atoms with E-state index in [2.05, 4.69) is 0 Å². The van der Waals surface area contributed by atoms with Crippen molar-refractivity contribution >= 4 is 41.2 Å². The number of carbonyl (C=O) groups excluding carboxylic acids is 2. The summed E-state index contributed by atoms with van der Waals surface area (Å²) in [6.07, 6.45) is 6.93. The Morgan fingerprint density at radius 2 is 1.92 bits per heavy atom. The number of esters is 1. The smallest absolute Gasteiger partial charge is 0.340 e. The predicted molar refractivity (Wildman–Crippen MR) is 103 cm³/mol. The number of rotatable bonds is 3. The summed E-state index contributed by atoms with van der Waals surface area (Å²) in [5.41, 5.74) is 1.93. The van der Waals surface area contributed by atoms with E-state index in [1.807, 2.05) is 6.92 Å². The summed E-state index contributed by atoms with van der Waals surface area (Å²) in [4.78, 5) is 27.3. The van der Waals surface area contributed by atoms with E-state index in [9.17, 15) is 9.59 Å².